The van der Waals surface area contributed by atoms with E-state index in [0.29, 0.717) is 0 Å². The number of nitrogens with one attached hydrogen (secondary N) is 1. The quantitative estimate of drug-likeness (QED) is 0.861. The molecule has 4 heteroatoms. The Morgan fingerprint density at radius 1 is 1.47 bits per heavy atom. The van der Waals surface area contributed by atoms with Crippen LogP contribution in [0.3, 0.4) is 0 Å². The Kier molecular flexibility index (Phi) is 3.94. The van der Waals surface area contributed by atoms with Crippen molar-refractivity contribution < 1.29 is 0 Å². The maximum Gasteiger partial charge on any atom is 0.225 e. The molecular formula is C13H22N4. The van der Waals surface area contributed by atoms with E-state index in [1.807, 2.05) is 6.92 Å². The van der Waals surface area contributed by atoms with Gasteiger partial charge in [0.05, 0.1) is 5.69 Å². The van der Waals surface area contributed by atoms with Crippen molar-refractivity contribution in [2.24, 2.45) is 5.92 Å². The second kappa shape index (κ2) is 5.45. The zero-order chi connectivity index (χ0) is 12.3. The zero-order valence-electron chi connectivity index (χ0n) is 11.0. The van der Waals surface area contributed by atoms with Gasteiger partial charge < -0.3 is 10.2 Å². The SMILES string of the molecule is CCNCc1cc(C)nc(N2CCC(C)C2)n1. The van der Waals surface area contributed by atoms with E-state index in [1.54, 1.807) is 0 Å². The van der Waals surface area contributed by atoms with Crippen LogP contribution in [-0.4, -0.2) is 29.6 Å². The van der Waals surface area contributed by atoms with Crippen LogP contribution in [0.2, 0.25) is 0 Å². The summed E-state index contributed by atoms with van der Waals surface area (Å²) in [6.45, 7) is 10.4. The minimum absolute atomic E-state index is 0.760. The minimum atomic E-state index is 0.760. The van der Waals surface area contributed by atoms with E-state index in [-0.39, 0.29) is 0 Å². The van der Waals surface area contributed by atoms with Crippen molar-refractivity contribution in [2.45, 2.75) is 33.7 Å². The molecule has 2 heterocycles. The van der Waals surface area contributed by atoms with Crippen LogP contribution in [0.4, 0.5) is 5.95 Å². The van der Waals surface area contributed by atoms with Crippen LogP contribution in [0.25, 0.3) is 0 Å². The highest BCUT2D eigenvalue weighted by Gasteiger charge is 2.21. The van der Waals surface area contributed by atoms with Gasteiger partial charge in [-0.2, -0.15) is 0 Å². The monoisotopic (exact) mass is 234 g/mol. The third kappa shape index (κ3) is 3.16. The van der Waals surface area contributed by atoms with Crippen LogP contribution in [0.5, 0.6) is 0 Å². The highest BCUT2D eigenvalue weighted by atomic mass is 15.3. The molecule has 1 aliphatic heterocycles. The van der Waals surface area contributed by atoms with Crippen molar-refractivity contribution in [1.29, 1.82) is 0 Å². The molecule has 1 aromatic heterocycles. The lowest BCUT2D eigenvalue weighted by molar-refractivity contribution is 0.657. The average Bonchev–Trinajstić information content (AvgIpc) is 2.72. The van der Waals surface area contributed by atoms with E-state index < -0.39 is 0 Å². The Bertz CT molecular complexity index is 378. The van der Waals surface area contributed by atoms with Crippen LogP contribution < -0.4 is 10.2 Å². The molecule has 0 aliphatic carbocycles. The van der Waals surface area contributed by atoms with Gasteiger partial charge in [0.1, 0.15) is 0 Å². The summed E-state index contributed by atoms with van der Waals surface area (Å²) in [7, 11) is 0. The third-order valence-electron chi connectivity index (χ3n) is 3.16. The number of anilines is 1. The third-order valence-corrected chi connectivity index (χ3v) is 3.16. The molecule has 0 amide bonds. The van der Waals surface area contributed by atoms with Gasteiger partial charge in [-0.15, -0.1) is 0 Å². The lowest BCUT2D eigenvalue weighted by Crippen LogP contribution is -2.23. The fourth-order valence-corrected chi connectivity index (χ4v) is 2.22. The lowest BCUT2D eigenvalue weighted by atomic mass is 10.2. The molecular weight excluding hydrogens is 212 g/mol. The Morgan fingerprint density at radius 3 is 2.94 bits per heavy atom. The number of rotatable bonds is 4. The predicted octanol–water partition coefficient (Wildman–Crippen LogP) is 1.74. The smallest absolute Gasteiger partial charge is 0.225 e. The van der Waals surface area contributed by atoms with Gasteiger partial charge in [0.2, 0.25) is 5.95 Å². The molecule has 4 nitrogen and oxygen atoms in total. The van der Waals surface area contributed by atoms with Gasteiger partial charge >= 0.3 is 0 Å². The normalized spacial score (nSPS) is 19.9. The molecule has 0 bridgehead atoms. The first kappa shape index (κ1) is 12.3. The summed E-state index contributed by atoms with van der Waals surface area (Å²) in [5.74, 6) is 1.67. The van der Waals surface area contributed by atoms with Crippen LogP contribution >= 0.6 is 0 Å². The van der Waals surface area contributed by atoms with Crippen molar-refractivity contribution in [2.75, 3.05) is 24.5 Å². The van der Waals surface area contributed by atoms with Crippen molar-refractivity contribution in [3.05, 3.63) is 17.5 Å². The van der Waals surface area contributed by atoms with E-state index >= 15 is 0 Å². The summed E-state index contributed by atoms with van der Waals surface area (Å²) in [6.07, 6.45) is 1.25. The van der Waals surface area contributed by atoms with Gasteiger partial charge in [0, 0.05) is 25.3 Å². The molecule has 1 saturated heterocycles. The molecule has 1 unspecified atom stereocenters. The van der Waals surface area contributed by atoms with Crippen LogP contribution in [-0.2, 0) is 6.54 Å². The summed E-state index contributed by atoms with van der Waals surface area (Å²) in [5.41, 5.74) is 2.15. The highest BCUT2D eigenvalue weighted by molar-refractivity contribution is 5.33. The van der Waals surface area contributed by atoms with Crippen LogP contribution in [0.1, 0.15) is 31.7 Å². The fraction of sp³-hybridized carbons (Fsp3) is 0.692. The first-order valence-corrected chi connectivity index (χ1v) is 6.49. The number of hydrogen-bond donors (Lipinski definition) is 1. The summed E-state index contributed by atoms with van der Waals surface area (Å²) in [4.78, 5) is 11.5. The fourth-order valence-electron chi connectivity index (χ4n) is 2.22. The van der Waals surface area contributed by atoms with Gasteiger partial charge in [0.15, 0.2) is 0 Å². The Labute approximate surface area is 103 Å². The molecule has 17 heavy (non-hydrogen) atoms. The van der Waals surface area contributed by atoms with Crippen LogP contribution in [0.15, 0.2) is 6.07 Å². The van der Waals surface area contributed by atoms with Gasteiger partial charge in [-0.3, -0.25) is 0 Å². The molecule has 0 aromatic carbocycles. The summed E-state index contributed by atoms with van der Waals surface area (Å²) < 4.78 is 0. The van der Waals surface area contributed by atoms with E-state index in [9.17, 15) is 0 Å². The Morgan fingerprint density at radius 2 is 2.29 bits per heavy atom. The lowest BCUT2D eigenvalue weighted by Gasteiger charge is -2.17. The standard InChI is InChI=1S/C13H22N4/c1-4-14-8-12-7-11(3)15-13(16-12)17-6-5-10(2)9-17/h7,10,14H,4-6,8-9H2,1-3H3. The molecule has 2 rings (SSSR count). The molecule has 0 saturated carbocycles. The van der Waals surface area contributed by atoms with Crippen molar-refractivity contribution >= 4 is 5.95 Å². The zero-order valence-corrected chi connectivity index (χ0v) is 11.0. The molecule has 1 fully saturated rings. The topological polar surface area (TPSA) is 41.1 Å². The summed E-state index contributed by atoms with van der Waals surface area (Å²) in [6, 6.07) is 2.06. The van der Waals surface area contributed by atoms with Crippen molar-refractivity contribution in [1.82, 2.24) is 15.3 Å². The van der Waals surface area contributed by atoms with Crippen molar-refractivity contribution in [3.8, 4) is 0 Å². The molecule has 0 radical (unpaired) electrons. The number of aryl methyl sites for hydroxylation is 1. The number of hydrogen-bond acceptors (Lipinski definition) is 4. The van der Waals surface area contributed by atoms with E-state index in [4.69, 9.17) is 0 Å². The number of aromatic nitrogens is 2. The molecule has 0 spiro atoms. The summed E-state index contributed by atoms with van der Waals surface area (Å²) >= 11 is 0. The predicted molar refractivity (Wildman–Crippen MR) is 70.1 cm³/mol. The van der Waals surface area contributed by atoms with Gasteiger partial charge in [0.25, 0.3) is 0 Å². The van der Waals surface area contributed by atoms with Gasteiger partial charge in [-0.25, -0.2) is 9.97 Å². The molecule has 1 atom stereocenters. The maximum atomic E-state index is 4.64. The van der Waals surface area contributed by atoms with Gasteiger partial charge in [-0.1, -0.05) is 13.8 Å². The Balaban J connectivity index is 2.13. The first-order valence-electron chi connectivity index (χ1n) is 6.49. The number of nitrogens with zero attached hydrogens (tertiary/aromatic N) is 3. The first-order chi connectivity index (χ1) is 8.19. The van der Waals surface area contributed by atoms with Gasteiger partial charge in [-0.05, 0) is 31.9 Å². The highest BCUT2D eigenvalue weighted by Crippen LogP contribution is 2.20. The van der Waals surface area contributed by atoms with Crippen molar-refractivity contribution in [3.63, 3.8) is 0 Å². The Hall–Kier alpha value is -1.16. The molecule has 1 aromatic rings. The average molecular weight is 234 g/mol. The van der Waals surface area contributed by atoms with E-state index in [2.05, 4.69) is 40.1 Å². The minimum Gasteiger partial charge on any atom is -0.341 e. The molecule has 1 aliphatic rings. The maximum absolute atomic E-state index is 4.64. The van der Waals surface area contributed by atoms with E-state index in [1.165, 1.54) is 6.42 Å². The molecule has 1 N–H and O–H groups in total. The second-order valence-electron chi connectivity index (χ2n) is 4.92. The van der Waals surface area contributed by atoms with E-state index in [0.717, 1.165) is 49.4 Å². The van der Waals surface area contributed by atoms with Crippen LogP contribution in [0, 0.1) is 12.8 Å². The largest absolute Gasteiger partial charge is 0.341 e. The molecule has 94 valence electrons. The second-order valence-corrected chi connectivity index (χ2v) is 4.92. The summed E-state index contributed by atoms with van der Waals surface area (Å²) in [5, 5.41) is 3.31.